The highest BCUT2D eigenvalue weighted by Gasteiger charge is 1.99. The van der Waals surface area contributed by atoms with Crippen LogP contribution in [0.25, 0.3) is 0 Å². The maximum Gasteiger partial charge on any atom is 0.122 e. The Balaban J connectivity index is 1.35. The van der Waals surface area contributed by atoms with Crippen LogP contribution >= 0.6 is 11.6 Å². The Bertz CT molecular complexity index is 801. The number of hydrogen-bond acceptors (Lipinski definition) is 4. The van der Waals surface area contributed by atoms with Crippen LogP contribution in [0.15, 0.2) is 60.9 Å². The first-order chi connectivity index (χ1) is 12.7. The second-order valence-electron chi connectivity index (χ2n) is 5.92. The third kappa shape index (κ3) is 5.79. The summed E-state index contributed by atoms with van der Waals surface area (Å²) in [5.41, 5.74) is 2.38. The number of rotatable bonds is 9. The monoisotopic (exact) mass is 371 g/mol. The average molecular weight is 372 g/mol. The lowest BCUT2D eigenvalue weighted by Gasteiger charge is -2.09. The zero-order valence-corrected chi connectivity index (χ0v) is 15.4. The second-order valence-corrected chi connectivity index (χ2v) is 6.36. The minimum Gasteiger partial charge on any atom is -0.490 e. The fraction of sp³-hybridized carbons (Fsp3) is 0.250. The van der Waals surface area contributed by atoms with Crippen LogP contribution in [0, 0.1) is 0 Å². The smallest absolute Gasteiger partial charge is 0.122 e. The zero-order chi connectivity index (χ0) is 18.2. The van der Waals surface area contributed by atoms with E-state index in [-0.39, 0.29) is 0 Å². The van der Waals surface area contributed by atoms with Gasteiger partial charge in [0.1, 0.15) is 24.7 Å². The fourth-order valence-corrected chi connectivity index (χ4v) is 2.59. The highest BCUT2D eigenvalue weighted by atomic mass is 35.5. The maximum atomic E-state index is 5.84. The number of hydrogen-bond donors (Lipinski definition) is 1. The lowest BCUT2D eigenvalue weighted by molar-refractivity contribution is 0.217. The number of aromatic nitrogens is 2. The fourth-order valence-electron chi connectivity index (χ4n) is 2.47. The van der Waals surface area contributed by atoms with Gasteiger partial charge in [0.25, 0.3) is 0 Å². The Morgan fingerprint density at radius 2 is 1.46 bits per heavy atom. The first-order valence-electron chi connectivity index (χ1n) is 8.47. The Hall–Kier alpha value is -2.50. The predicted molar refractivity (Wildman–Crippen MR) is 103 cm³/mol. The van der Waals surface area contributed by atoms with Crippen LogP contribution in [-0.4, -0.2) is 23.0 Å². The molecule has 0 aliphatic rings. The lowest BCUT2D eigenvalue weighted by Crippen LogP contribution is -2.12. The van der Waals surface area contributed by atoms with Crippen molar-refractivity contribution in [3.05, 3.63) is 77.1 Å². The van der Waals surface area contributed by atoms with Crippen LogP contribution < -0.4 is 14.8 Å². The van der Waals surface area contributed by atoms with Gasteiger partial charge in [-0.05, 0) is 42.0 Å². The van der Waals surface area contributed by atoms with Gasteiger partial charge in [0.15, 0.2) is 0 Å². The van der Waals surface area contributed by atoms with Gasteiger partial charge in [-0.2, -0.15) is 5.10 Å². The second kappa shape index (κ2) is 9.27. The summed E-state index contributed by atoms with van der Waals surface area (Å²) in [7, 11) is 1.92. The zero-order valence-electron chi connectivity index (χ0n) is 14.7. The molecule has 1 heterocycles. The van der Waals surface area contributed by atoms with Crippen LogP contribution in [-0.2, 0) is 20.1 Å². The van der Waals surface area contributed by atoms with E-state index in [0.717, 1.165) is 24.6 Å². The lowest BCUT2D eigenvalue weighted by atomic mass is 10.2. The normalized spacial score (nSPS) is 10.7. The van der Waals surface area contributed by atoms with Gasteiger partial charge >= 0.3 is 0 Å². The highest BCUT2D eigenvalue weighted by molar-refractivity contribution is 6.30. The molecular formula is C20H22ClN3O2. The van der Waals surface area contributed by atoms with Gasteiger partial charge in [-0.1, -0.05) is 23.7 Å². The van der Waals surface area contributed by atoms with Gasteiger partial charge in [0, 0.05) is 36.9 Å². The minimum absolute atomic E-state index is 0.482. The van der Waals surface area contributed by atoms with E-state index in [9.17, 15) is 0 Å². The third-order valence-corrected chi connectivity index (χ3v) is 4.03. The van der Waals surface area contributed by atoms with Crippen molar-refractivity contribution in [3.63, 3.8) is 0 Å². The molecule has 1 N–H and O–H groups in total. The first-order valence-corrected chi connectivity index (χ1v) is 8.85. The standard InChI is InChI=1S/C20H22ClN3O2/c1-24-15-17(14-23-24)13-22-12-16-2-6-19(7-3-16)25-10-11-26-20-8-4-18(21)5-9-20/h2-9,14-15,22H,10-13H2,1H3. The Labute approximate surface area is 158 Å². The molecule has 0 bridgehead atoms. The summed E-state index contributed by atoms with van der Waals surface area (Å²) in [5, 5.41) is 8.26. The Kier molecular flexibility index (Phi) is 6.52. The number of ether oxygens (including phenoxy) is 2. The molecule has 0 amide bonds. The molecule has 0 unspecified atom stereocenters. The van der Waals surface area contributed by atoms with E-state index in [1.54, 1.807) is 16.8 Å². The molecule has 136 valence electrons. The molecule has 2 aromatic carbocycles. The van der Waals surface area contributed by atoms with Crippen LogP contribution in [0.3, 0.4) is 0 Å². The van der Waals surface area contributed by atoms with Crippen molar-refractivity contribution in [1.82, 2.24) is 15.1 Å². The van der Waals surface area contributed by atoms with Crippen LogP contribution in [0.1, 0.15) is 11.1 Å². The summed E-state index contributed by atoms with van der Waals surface area (Å²) in [6.07, 6.45) is 3.88. The molecule has 0 saturated carbocycles. The number of benzene rings is 2. The summed E-state index contributed by atoms with van der Waals surface area (Å²) in [6, 6.07) is 15.4. The number of nitrogens with zero attached hydrogens (tertiary/aromatic N) is 2. The highest BCUT2D eigenvalue weighted by Crippen LogP contribution is 2.16. The van der Waals surface area contributed by atoms with E-state index < -0.39 is 0 Å². The van der Waals surface area contributed by atoms with Crippen molar-refractivity contribution in [2.24, 2.45) is 7.05 Å². The molecule has 0 saturated heterocycles. The molecule has 26 heavy (non-hydrogen) atoms. The summed E-state index contributed by atoms with van der Waals surface area (Å²) in [5.74, 6) is 1.62. The summed E-state index contributed by atoms with van der Waals surface area (Å²) in [6.45, 7) is 2.57. The molecule has 0 fully saturated rings. The van der Waals surface area contributed by atoms with Gasteiger partial charge in [-0.15, -0.1) is 0 Å². The van der Waals surface area contributed by atoms with Crippen LogP contribution in [0.4, 0.5) is 0 Å². The molecule has 6 heteroatoms. The Morgan fingerprint density at radius 3 is 2.04 bits per heavy atom. The molecular weight excluding hydrogens is 350 g/mol. The first kappa shape index (κ1) is 18.3. The van der Waals surface area contributed by atoms with Gasteiger partial charge in [0.05, 0.1) is 6.20 Å². The van der Waals surface area contributed by atoms with Crippen molar-refractivity contribution in [2.75, 3.05) is 13.2 Å². The van der Waals surface area contributed by atoms with Crippen molar-refractivity contribution in [2.45, 2.75) is 13.1 Å². The van der Waals surface area contributed by atoms with Gasteiger partial charge in [-0.25, -0.2) is 0 Å². The Morgan fingerprint density at radius 1 is 0.885 bits per heavy atom. The van der Waals surface area contributed by atoms with Crippen molar-refractivity contribution < 1.29 is 9.47 Å². The molecule has 0 aliphatic heterocycles. The summed E-state index contributed by atoms with van der Waals surface area (Å²) < 4.78 is 13.1. The predicted octanol–water partition coefficient (Wildman–Crippen LogP) is 3.82. The van der Waals surface area contributed by atoms with E-state index in [2.05, 4.69) is 22.5 Å². The van der Waals surface area contributed by atoms with E-state index in [1.165, 1.54) is 11.1 Å². The molecule has 5 nitrogen and oxygen atoms in total. The van der Waals surface area contributed by atoms with Crippen molar-refractivity contribution in [3.8, 4) is 11.5 Å². The van der Waals surface area contributed by atoms with Gasteiger partial charge < -0.3 is 14.8 Å². The quantitative estimate of drug-likeness (QED) is 0.581. The van der Waals surface area contributed by atoms with E-state index in [0.29, 0.717) is 18.2 Å². The minimum atomic E-state index is 0.482. The van der Waals surface area contributed by atoms with Gasteiger partial charge in [0.2, 0.25) is 0 Å². The topological polar surface area (TPSA) is 48.3 Å². The van der Waals surface area contributed by atoms with E-state index in [1.807, 2.05) is 43.7 Å². The molecule has 0 radical (unpaired) electrons. The van der Waals surface area contributed by atoms with E-state index >= 15 is 0 Å². The molecule has 0 aliphatic carbocycles. The van der Waals surface area contributed by atoms with E-state index in [4.69, 9.17) is 21.1 Å². The summed E-state index contributed by atoms with van der Waals surface area (Å²) in [4.78, 5) is 0. The summed E-state index contributed by atoms with van der Waals surface area (Å²) >= 11 is 5.84. The van der Waals surface area contributed by atoms with Gasteiger partial charge in [-0.3, -0.25) is 4.68 Å². The number of halogens is 1. The maximum absolute atomic E-state index is 5.84. The largest absolute Gasteiger partial charge is 0.490 e. The van der Waals surface area contributed by atoms with Crippen LogP contribution in [0.2, 0.25) is 5.02 Å². The average Bonchev–Trinajstić information content (AvgIpc) is 3.07. The molecule has 0 spiro atoms. The van der Waals surface area contributed by atoms with Crippen LogP contribution in [0.5, 0.6) is 11.5 Å². The number of nitrogens with one attached hydrogen (secondary N) is 1. The molecule has 3 rings (SSSR count). The number of aryl methyl sites for hydroxylation is 1. The molecule has 1 aromatic heterocycles. The molecule has 0 atom stereocenters. The SMILES string of the molecule is Cn1cc(CNCc2ccc(OCCOc3ccc(Cl)cc3)cc2)cn1. The van der Waals surface area contributed by atoms with Crippen molar-refractivity contribution in [1.29, 1.82) is 0 Å². The molecule has 3 aromatic rings. The third-order valence-electron chi connectivity index (χ3n) is 3.77. The van der Waals surface area contributed by atoms with Crippen molar-refractivity contribution >= 4 is 11.6 Å².